The van der Waals surface area contributed by atoms with E-state index >= 15 is 0 Å². The van der Waals surface area contributed by atoms with Gasteiger partial charge in [0.2, 0.25) is 0 Å². The summed E-state index contributed by atoms with van der Waals surface area (Å²) in [5, 5.41) is 0.727. The van der Waals surface area contributed by atoms with Crippen molar-refractivity contribution in [2.45, 2.75) is 6.54 Å². The van der Waals surface area contributed by atoms with Gasteiger partial charge >= 0.3 is 0 Å². The van der Waals surface area contributed by atoms with Gasteiger partial charge in [0.1, 0.15) is 5.82 Å². The number of imidazole rings is 1. The lowest BCUT2D eigenvalue weighted by molar-refractivity contribution is 0.735. The first-order valence-corrected chi connectivity index (χ1v) is 6.58. The van der Waals surface area contributed by atoms with Gasteiger partial charge in [0.25, 0.3) is 0 Å². The lowest BCUT2D eigenvalue weighted by atomic mass is 10.2. The number of rotatable bonds is 3. The summed E-state index contributed by atoms with van der Waals surface area (Å²) in [6, 6.07) is 15.8. The van der Waals surface area contributed by atoms with E-state index < -0.39 is 0 Å². The molecular weight excluding hydrogens is 258 g/mol. The molecule has 2 N–H and O–H groups in total. The van der Waals surface area contributed by atoms with E-state index in [1.807, 2.05) is 42.5 Å². The maximum absolute atomic E-state index is 5.93. The zero-order valence-corrected chi connectivity index (χ0v) is 11.1. The number of para-hydroxylation sites is 2. The van der Waals surface area contributed by atoms with E-state index in [-0.39, 0.29) is 0 Å². The number of benzene rings is 2. The summed E-state index contributed by atoms with van der Waals surface area (Å²) in [6.07, 6.45) is 0. The second-order valence-corrected chi connectivity index (χ2v) is 4.81. The third-order valence-electron chi connectivity index (χ3n) is 3.11. The minimum Gasteiger partial charge on any atom is -0.329 e. The molecule has 19 heavy (non-hydrogen) atoms. The molecule has 0 radical (unpaired) electrons. The van der Waals surface area contributed by atoms with Gasteiger partial charge in [-0.05, 0) is 36.4 Å². The zero-order valence-electron chi connectivity index (χ0n) is 10.4. The van der Waals surface area contributed by atoms with Gasteiger partial charge in [0, 0.05) is 23.7 Å². The number of fused-ring (bicyclic) bond motifs is 1. The highest BCUT2D eigenvalue weighted by atomic mass is 35.5. The Kier molecular flexibility index (Phi) is 3.23. The predicted molar refractivity (Wildman–Crippen MR) is 79.2 cm³/mol. The molecule has 96 valence electrons. The molecule has 0 atom stereocenters. The number of nitrogens with zero attached hydrogens (tertiary/aromatic N) is 2. The molecule has 0 aliphatic rings. The number of hydrogen-bond acceptors (Lipinski definition) is 2. The van der Waals surface area contributed by atoms with Crippen molar-refractivity contribution in [2.75, 3.05) is 6.54 Å². The van der Waals surface area contributed by atoms with Crippen LogP contribution < -0.4 is 5.73 Å². The summed E-state index contributed by atoms with van der Waals surface area (Å²) in [4.78, 5) is 4.70. The first kappa shape index (κ1) is 12.2. The molecular formula is C15H14ClN3. The van der Waals surface area contributed by atoms with Crippen LogP contribution >= 0.6 is 11.6 Å². The van der Waals surface area contributed by atoms with Crippen molar-refractivity contribution in [3.63, 3.8) is 0 Å². The van der Waals surface area contributed by atoms with E-state index in [1.54, 1.807) is 0 Å². The minimum absolute atomic E-state index is 0.584. The third kappa shape index (κ3) is 2.23. The van der Waals surface area contributed by atoms with Crippen molar-refractivity contribution >= 4 is 22.6 Å². The molecule has 1 heterocycles. The van der Waals surface area contributed by atoms with Crippen molar-refractivity contribution in [1.82, 2.24) is 9.55 Å². The quantitative estimate of drug-likeness (QED) is 0.794. The van der Waals surface area contributed by atoms with Crippen molar-refractivity contribution in [3.8, 4) is 11.4 Å². The largest absolute Gasteiger partial charge is 0.329 e. The fourth-order valence-electron chi connectivity index (χ4n) is 2.25. The average molecular weight is 272 g/mol. The number of aromatic nitrogens is 2. The molecule has 0 aliphatic carbocycles. The Bertz CT molecular complexity index is 701. The normalized spacial score (nSPS) is 11.1. The van der Waals surface area contributed by atoms with Crippen molar-refractivity contribution in [2.24, 2.45) is 5.73 Å². The van der Waals surface area contributed by atoms with Crippen LogP contribution in [0.1, 0.15) is 0 Å². The van der Waals surface area contributed by atoms with Gasteiger partial charge in [-0.15, -0.1) is 0 Å². The Morgan fingerprint density at radius 2 is 1.79 bits per heavy atom. The Labute approximate surface area is 116 Å². The second-order valence-electron chi connectivity index (χ2n) is 4.37. The first-order chi connectivity index (χ1) is 9.29. The van der Waals surface area contributed by atoms with Gasteiger partial charge in [0.15, 0.2) is 0 Å². The van der Waals surface area contributed by atoms with Gasteiger partial charge < -0.3 is 10.3 Å². The smallest absolute Gasteiger partial charge is 0.141 e. The fourth-order valence-corrected chi connectivity index (χ4v) is 2.38. The molecule has 4 heteroatoms. The maximum atomic E-state index is 5.93. The summed E-state index contributed by atoms with van der Waals surface area (Å²) < 4.78 is 2.15. The summed E-state index contributed by atoms with van der Waals surface area (Å²) in [7, 11) is 0. The number of hydrogen-bond donors (Lipinski definition) is 1. The van der Waals surface area contributed by atoms with E-state index in [1.165, 1.54) is 0 Å². The number of halogens is 1. The minimum atomic E-state index is 0.584. The highest BCUT2D eigenvalue weighted by molar-refractivity contribution is 6.30. The molecule has 0 spiro atoms. The predicted octanol–water partition coefficient (Wildman–Crippen LogP) is 3.32. The molecule has 0 unspecified atom stereocenters. The topological polar surface area (TPSA) is 43.8 Å². The highest BCUT2D eigenvalue weighted by Crippen LogP contribution is 2.25. The summed E-state index contributed by atoms with van der Waals surface area (Å²) >= 11 is 5.93. The monoisotopic (exact) mass is 271 g/mol. The van der Waals surface area contributed by atoms with E-state index in [0.29, 0.717) is 6.54 Å². The molecule has 2 aromatic carbocycles. The maximum Gasteiger partial charge on any atom is 0.141 e. The Morgan fingerprint density at radius 3 is 2.53 bits per heavy atom. The van der Waals surface area contributed by atoms with Gasteiger partial charge in [-0.3, -0.25) is 0 Å². The summed E-state index contributed by atoms with van der Waals surface area (Å²) in [6.45, 7) is 1.33. The number of nitrogens with two attached hydrogens (primary N) is 1. The highest BCUT2D eigenvalue weighted by Gasteiger charge is 2.11. The van der Waals surface area contributed by atoms with Crippen LogP contribution in [0.15, 0.2) is 48.5 Å². The van der Waals surface area contributed by atoms with Crippen molar-refractivity contribution in [3.05, 3.63) is 53.6 Å². The van der Waals surface area contributed by atoms with Crippen LogP contribution in [0.4, 0.5) is 0 Å². The average Bonchev–Trinajstić information content (AvgIpc) is 2.79. The molecule has 0 saturated carbocycles. The second kappa shape index (κ2) is 5.03. The van der Waals surface area contributed by atoms with E-state index in [2.05, 4.69) is 10.6 Å². The molecule has 0 amide bonds. The van der Waals surface area contributed by atoms with Crippen molar-refractivity contribution < 1.29 is 0 Å². The first-order valence-electron chi connectivity index (χ1n) is 6.21. The van der Waals surface area contributed by atoms with Gasteiger partial charge in [-0.1, -0.05) is 23.7 Å². The van der Waals surface area contributed by atoms with Crippen LogP contribution in [0.5, 0.6) is 0 Å². The van der Waals surface area contributed by atoms with Gasteiger partial charge in [0.05, 0.1) is 11.0 Å². The van der Waals surface area contributed by atoms with Crippen LogP contribution in [-0.4, -0.2) is 16.1 Å². The Balaban J connectivity index is 2.21. The molecule has 3 nitrogen and oxygen atoms in total. The van der Waals surface area contributed by atoms with Crippen LogP contribution in [0, 0.1) is 0 Å². The van der Waals surface area contributed by atoms with E-state index in [0.717, 1.165) is 34.0 Å². The van der Waals surface area contributed by atoms with Crippen LogP contribution in [0.25, 0.3) is 22.4 Å². The Morgan fingerprint density at radius 1 is 1.05 bits per heavy atom. The van der Waals surface area contributed by atoms with E-state index in [9.17, 15) is 0 Å². The molecule has 0 bridgehead atoms. The van der Waals surface area contributed by atoms with Crippen LogP contribution in [-0.2, 0) is 6.54 Å². The van der Waals surface area contributed by atoms with Crippen LogP contribution in [0.3, 0.4) is 0 Å². The van der Waals surface area contributed by atoms with Crippen LogP contribution in [0.2, 0.25) is 5.02 Å². The zero-order chi connectivity index (χ0) is 13.2. The fraction of sp³-hybridized carbons (Fsp3) is 0.133. The van der Waals surface area contributed by atoms with Gasteiger partial charge in [-0.2, -0.15) is 0 Å². The Hall–Kier alpha value is -1.84. The third-order valence-corrected chi connectivity index (χ3v) is 3.36. The van der Waals surface area contributed by atoms with Crippen molar-refractivity contribution in [1.29, 1.82) is 0 Å². The molecule has 1 aromatic heterocycles. The standard InChI is InChI=1S/C15H14ClN3/c16-12-7-5-11(6-8-12)15-18-13-3-1-2-4-14(13)19(15)10-9-17/h1-8H,9-10,17H2. The molecule has 3 rings (SSSR count). The van der Waals surface area contributed by atoms with E-state index in [4.69, 9.17) is 22.3 Å². The SMILES string of the molecule is NCCn1c(-c2ccc(Cl)cc2)nc2ccccc21. The molecule has 3 aromatic rings. The lowest BCUT2D eigenvalue weighted by Gasteiger charge is -2.07. The molecule has 0 fully saturated rings. The lowest BCUT2D eigenvalue weighted by Crippen LogP contribution is -2.10. The molecule has 0 saturated heterocycles. The summed E-state index contributed by atoms with van der Waals surface area (Å²) in [5.74, 6) is 0.934. The van der Waals surface area contributed by atoms with Gasteiger partial charge in [-0.25, -0.2) is 4.98 Å². The molecule has 0 aliphatic heterocycles. The summed E-state index contributed by atoms with van der Waals surface area (Å²) in [5.41, 5.74) is 8.86.